The first-order chi connectivity index (χ1) is 7.44. The Kier molecular flexibility index (Phi) is 4.33. The first-order valence-electron chi connectivity index (χ1n) is 5.96. The Morgan fingerprint density at radius 1 is 1.25 bits per heavy atom. The fourth-order valence-electron chi connectivity index (χ4n) is 1.95. The zero-order valence-corrected chi connectivity index (χ0v) is 10.1. The van der Waals surface area contributed by atoms with Crippen molar-refractivity contribution in [2.45, 2.75) is 46.0 Å². The predicted molar refractivity (Wildman–Crippen MR) is 61.0 cm³/mol. The normalized spacial score (nSPS) is 18.1. The molecule has 92 valence electrons. The van der Waals surface area contributed by atoms with Crippen molar-refractivity contribution >= 4 is 11.9 Å². The van der Waals surface area contributed by atoms with Crippen LogP contribution in [0.2, 0.25) is 0 Å². The highest BCUT2D eigenvalue weighted by molar-refractivity contribution is 6.00. The summed E-state index contributed by atoms with van der Waals surface area (Å²) < 4.78 is 0. The lowest BCUT2D eigenvalue weighted by atomic mass is 9.88. The zero-order valence-electron chi connectivity index (χ0n) is 10.1. The summed E-state index contributed by atoms with van der Waals surface area (Å²) in [5.74, 6) is -0.929. The second-order valence-electron chi connectivity index (χ2n) is 5.14. The van der Waals surface area contributed by atoms with Crippen molar-refractivity contribution < 1.29 is 14.7 Å². The Hall–Kier alpha value is -1.06. The average molecular weight is 227 g/mol. The molecule has 0 aromatic carbocycles. The van der Waals surface area contributed by atoms with Crippen molar-refractivity contribution in [2.75, 3.05) is 6.54 Å². The number of rotatable bonds is 4. The highest BCUT2D eigenvalue weighted by atomic mass is 16.4. The average Bonchev–Trinajstić information content (AvgIpc) is 2.27. The fraction of sp³-hybridized carbons (Fsp3) is 0.833. The van der Waals surface area contributed by atoms with Crippen LogP contribution in [0.5, 0.6) is 0 Å². The number of carboxylic acid groups (broad SMARTS) is 1. The molecule has 0 heterocycles. The molecule has 0 aliphatic heterocycles. The Balaban J connectivity index is 2.37. The van der Waals surface area contributed by atoms with Gasteiger partial charge in [0.05, 0.1) is 0 Å². The summed E-state index contributed by atoms with van der Waals surface area (Å²) in [6.07, 6.45) is 6.03. The third kappa shape index (κ3) is 3.22. The molecule has 4 heteroatoms. The predicted octanol–water partition coefficient (Wildman–Crippen LogP) is 1.79. The Labute approximate surface area is 96.4 Å². The number of carboxylic acids is 1. The molecule has 1 saturated carbocycles. The van der Waals surface area contributed by atoms with Crippen molar-refractivity contribution in [2.24, 2.45) is 11.3 Å². The molecule has 0 aromatic rings. The van der Waals surface area contributed by atoms with Crippen LogP contribution in [0.25, 0.3) is 0 Å². The molecule has 1 aliphatic rings. The van der Waals surface area contributed by atoms with E-state index in [1.54, 1.807) is 0 Å². The van der Waals surface area contributed by atoms with E-state index in [2.05, 4.69) is 5.32 Å². The van der Waals surface area contributed by atoms with Crippen molar-refractivity contribution in [3.8, 4) is 0 Å². The maximum Gasteiger partial charge on any atom is 0.318 e. The molecule has 2 N–H and O–H groups in total. The molecule has 1 aliphatic carbocycles. The minimum Gasteiger partial charge on any atom is -0.480 e. The maximum atomic E-state index is 11.7. The van der Waals surface area contributed by atoms with E-state index in [1.807, 2.05) is 0 Å². The van der Waals surface area contributed by atoms with Crippen LogP contribution >= 0.6 is 0 Å². The van der Waals surface area contributed by atoms with Gasteiger partial charge in [0.1, 0.15) is 5.41 Å². The van der Waals surface area contributed by atoms with Gasteiger partial charge in [-0.05, 0) is 32.6 Å². The van der Waals surface area contributed by atoms with Gasteiger partial charge in [-0.2, -0.15) is 0 Å². The van der Waals surface area contributed by atoms with Gasteiger partial charge in [-0.25, -0.2) is 0 Å². The smallest absolute Gasteiger partial charge is 0.318 e. The van der Waals surface area contributed by atoms with Crippen molar-refractivity contribution in [1.29, 1.82) is 0 Å². The van der Waals surface area contributed by atoms with Crippen molar-refractivity contribution in [3.05, 3.63) is 0 Å². The fourth-order valence-corrected chi connectivity index (χ4v) is 1.95. The molecule has 1 fully saturated rings. The summed E-state index contributed by atoms with van der Waals surface area (Å²) in [6.45, 7) is 3.49. The molecule has 0 spiro atoms. The lowest BCUT2D eigenvalue weighted by Gasteiger charge is -2.24. The summed E-state index contributed by atoms with van der Waals surface area (Å²) >= 11 is 0. The van der Waals surface area contributed by atoms with Gasteiger partial charge < -0.3 is 10.4 Å². The van der Waals surface area contributed by atoms with Crippen LogP contribution in [0.15, 0.2) is 0 Å². The minimum atomic E-state index is -1.32. The topological polar surface area (TPSA) is 66.4 Å². The van der Waals surface area contributed by atoms with E-state index >= 15 is 0 Å². The number of carbonyl (C=O) groups excluding carboxylic acids is 1. The van der Waals surface area contributed by atoms with Crippen LogP contribution in [0.4, 0.5) is 0 Å². The lowest BCUT2D eigenvalue weighted by Crippen LogP contribution is -2.44. The standard InChI is InChI=1S/C12H21NO3/c1-12(2,11(15)16)10(14)13-8-9-6-4-3-5-7-9/h9H,3-8H2,1-2H3,(H,13,14)(H,15,16). The third-order valence-corrected chi connectivity index (χ3v) is 3.38. The molecule has 1 amide bonds. The van der Waals surface area contributed by atoms with E-state index in [1.165, 1.54) is 33.1 Å². The summed E-state index contributed by atoms with van der Waals surface area (Å²) in [6, 6.07) is 0. The summed E-state index contributed by atoms with van der Waals surface area (Å²) in [5, 5.41) is 11.6. The van der Waals surface area contributed by atoms with E-state index in [0.29, 0.717) is 12.5 Å². The van der Waals surface area contributed by atoms with E-state index in [9.17, 15) is 9.59 Å². The molecule has 4 nitrogen and oxygen atoms in total. The third-order valence-electron chi connectivity index (χ3n) is 3.38. The molecule has 16 heavy (non-hydrogen) atoms. The molecule has 0 atom stereocenters. The molecule has 0 aromatic heterocycles. The number of aliphatic carboxylic acids is 1. The molecule has 0 radical (unpaired) electrons. The Morgan fingerprint density at radius 2 is 1.81 bits per heavy atom. The van der Waals surface area contributed by atoms with E-state index in [-0.39, 0.29) is 5.91 Å². The van der Waals surface area contributed by atoms with E-state index < -0.39 is 11.4 Å². The zero-order chi connectivity index (χ0) is 12.2. The molecular formula is C12H21NO3. The summed E-state index contributed by atoms with van der Waals surface area (Å²) in [4.78, 5) is 22.5. The van der Waals surface area contributed by atoms with Gasteiger partial charge in [0, 0.05) is 6.54 Å². The molecule has 0 bridgehead atoms. The van der Waals surface area contributed by atoms with Crippen molar-refractivity contribution in [3.63, 3.8) is 0 Å². The molecule has 0 unspecified atom stereocenters. The maximum absolute atomic E-state index is 11.7. The molecule has 0 saturated heterocycles. The molecule has 1 rings (SSSR count). The van der Waals surface area contributed by atoms with Gasteiger partial charge in [0.2, 0.25) is 5.91 Å². The van der Waals surface area contributed by atoms with Crippen LogP contribution in [-0.2, 0) is 9.59 Å². The number of carbonyl (C=O) groups is 2. The number of hydrogen-bond donors (Lipinski definition) is 2. The lowest BCUT2D eigenvalue weighted by molar-refractivity contribution is -0.153. The number of amides is 1. The molecular weight excluding hydrogens is 206 g/mol. The van der Waals surface area contributed by atoms with Gasteiger partial charge >= 0.3 is 5.97 Å². The second kappa shape index (κ2) is 5.32. The Bertz CT molecular complexity index is 267. The SMILES string of the molecule is CC(C)(C(=O)O)C(=O)NCC1CCCCC1. The van der Waals surface area contributed by atoms with Crippen LogP contribution in [-0.4, -0.2) is 23.5 Å². The first-order valence-corrected chi connectivity index (χ1v) is 5.96. The van der Waals surface area contributed by atoms with Gasteiger partial charge in [0.25, 0.3) is 0 Å². The van der Waals surface area contributed by atoms with Gasteiger partial charge in [-0.3, -0.25) is 9.59 Å². The Morgan fingerprint density at radius 3 is 2.31 bits per heavy atom. The van der Waals surface area contributed by atoms with Gasteiger partial charge in [-0.1, -0.05) is 19.3 Å². The summed E-state index contributed by atoms with van der Waals surface area (Å²) in [7, 11) is 0. The highest BCUT2D eigenvalue weighted by Crippen LogP contribution is 2.23. The first kappa shape index (κ1) is 13.0. The highest BCUT2D eigenvalue weighted by Gasteiger charge is 2.35. The van der Waals surface area contributed by atoms with Crippen LogP contribution < -0.4 is 5.32 Å². The van der Waals surface area contributed by atoms with Crippen molar-refractivity contribution in [1.82, 2.24) is 5.32 Å². The monoisotopic (exact) mass is 227 g/mol. The second-order valence-corrected chi connectivity index (χ2v) is 5.14. The number of nitrogens with one attached hydrogen (secondary N) is 1. The van der Waals surface area contributed by atoms with Gasteiger partial charge in [0.15, 0.2) is 0 Å². The summed E-state index contributed by atoms with van der Waals surface area (Å²) in [5.41, 5.74) is -1.32. The minimum absolute atomic E-state index is 0.384. The van der Waals surface area contributed by atoms with Crippen LogP contribution in [0, 0.1) is 11.3 Å². The quantitative estimate of drug-likeness (QED) is 0.720. The number of hydrogen-bond acceptors (Lipinski definition) is 2. The van der Waals surface area contributed by atoms with Crippen LogP contribution in [0.3, 0.4) is 0 Å². The van der Waals surface area contributed by atoms with Gasteiger partial charge in [-0.15, -0.1) is 0 Å². The van der Waals surface area contributed by atoms with E-state index in [0.717, 1.165) is 12.8 Å². The van der Waals surface area contributed by atoms with Crippen LogP contribution in [0.1, 0.15) is 46.0 Å². The van der Waals surface area contributed by atoms with E-state index in [4.69, 9.17) is 5.11 Å². The largest absolute Gasteiger partial charge is 0.480 e.